The van der Waals surface area contributed by atoms with Crippen LogP contribution in [-0.2, 0) is 14.8 Å². The maximum atomic E-state index is 12.6. The van der Waals surface area contributed by atoms with Crippen molar-refractivity contribution in [2.24, 2.45) is 11.0 Å². The molecule has 0 bridgehead atoms. The third kappa shape index (κ3) is 6.85. The third-order valence-corrected chi connectivity index (χ3v) is 5.87. The summed E-state index contributed by atoms with van der Waals surface area (Å²) < 4.78 is 28.7. The van der Waals surface area contributed by atoms with Gasteiger partial charge in [0.25, 0.3) is 5.91 Å². The molecule has 8 heteroatoms. The maximum absolute atomic E-state index is 12.6. The van der Waals surface area contributed by atoms with E-state index in [0.29, 0.717) is 6.42 Å². The summed E-state index contributed by atoms with van der Waals surface area (Å²) in [6.07, 6.45) is 1.85. The molecule has 0 aromatic heterocycles. The van der Waals surface area contributed by atoms with Crippen molar-refractivity contribution in [3.63, 3.8) is 0 Å². The van der Waals surface area contributed by atoms with Gasteiger partial charge < -0.3 is 0 Å². The number of hydrogen-bond donors (Lipinski definition) is 2. The van der Waals surface area contributed by atoms with E-state index < -0.39 is 22.0 Å². The van der Waals surface area contributed by atoms with E-state index in [1.165, 1.54) is 18.3 Å². The fourth-order valence-corrected chi connectivity index (χ4v) is 4.11. The maximum Gasteiger partial charge on any atom is 0.258 e. The van der Waals surface area contributed by atoms with Crippen LogP contribution >= 0.6 is 15.9 Å². The Balaban J connectivity index is 2.11. The molecule has 0 saturated heterocycles. The normalized spacial score (nSPS) is 13.0. The van der Waals surface area contributed by atoms with Crippen LogP contribution in [0.1, 0.15) is 31.4 Å². The highest BCUT2D eigenvalue weighted by Crippen LogP contribution is 2.14. The Hall–Kier alpha value is -2.03. The van der Waals surface area contributed by atoms with Gasteiger partial charge in [-0.3, -0.25) is 4.79 Å². The standard InChI is InChI=1S/C20H24BrN3O3S/c1-14(2)11-19(24-28(26,27)18-9-7-15(3)8-10-18)20(25)23-22-13-16-5-4-6-17(21)12-16/h4-10,12-14,19,24H,11H2,1-3H3,(H,23,25)/b22-13-/t19-/m0/s1. The van der Waals surface area contributed by atoms with E-state index in [1.807, 2.05) is 45.0 Å². The Morgan fingerprint density at radius 1 is 1.18 bits per heavy atom. The first-order chi connectivity index (χ1) is 13.2. The van der Waals surface area contributed by atoms with Gasteiger partial charge in [0, 0.05) is 4.47 Å². The molecule has 0 aliphatic carbocycles. The molecular weight excluding hydrogens is 442 g/mol. The molecule has 0 fully saturated rings. The first kappa shape index (κ1) is 22.3. The summed E-state index contributed by atoms with van der Waals surface area (Å²) in [7, 11) is -3.82. The van der Waals surface area contributed by atoms with Crippen LogP contribution in [0, 0.1) is 12.8 Å². The van der Waals surface area contributed by atoms with Crippen molar-refractivity contribution in [2.45, 2.75) is 38.1 Å². The summed E-state index contributed by atoms with van der Waals surface area (Å²) in [4.78, 5) is 12.7. The number of halogens is 1. The van der Waals surface area contributed by atoms with Crippen LogP contribution in [0.2, 0.25) is 0 Å². The lowest BCUT2D eigenvalue weighted by molar-refractivity contribution is -0.123. The zero-order valence-electron chi connectivity index (χ0n) is 16.0. The van der Waals surface area contributed by atoms with Gasteiger partial charge in [0.15, 0.2) is 0 Å². The SMILES string of the molecule is Cc1ccc(S(=O)(=O)N[C@@H](CC(C)C)C(=O)N/N=C\c2cccc(Br)c2)cc1. The van der Waals surface area contributed by atoms with Crippen LogP contribution in [-0.4, -0.2) is 26.6 Å². The number of benzene rings is 2. The minimum atomic E-state index is -3.82. The second kappa shape index (κ2) is 9.95. The van der Waals surface area contributed by atoms with Crippen molar-refractivity contribution in [1.29, 1.82) is 0 Å². The van der Waals surface area contributed by atoms with Crippen molar-refractivity contribution < 1.29 is 13.2 Å². The number of nitrogens with zero attached hydrogens (tertiary/aromatic N) is 1. The molecule has 2 rings (SSSR count). The van der Waals surface area contributed by atoms with E-state index in [-0.39, 0.29) is 10.8 Å². The predicted octanol–water partition coefficient (Wildman–Crippen LogP) is 3.60. The largest absolute Gasteiger partial charge is 0.271 e. The Bertz CT molecular complexity index is 941. The van der Waals surface area contributed by atoms with Crippen LogP contribution in [0.5, 0.6) is 0 Å². The molecule has 0 aliphatic rings. The van der Waals surface area contributed by atoms with Crippen LogP contribution in [0.3, 0.4) is 0 Å². The molecular formula is C20H24BrN3O3S. The number of hydrogen-bond acceptors (Lipinski definition) is 4. The summed E-state index contributed by atoms with van der Waals surface area (Å²) in [5.41, 5.74) is 4.18. The first-order valence-electron chi connectivity index (χ1n) is 8.85. The van der Waals surface area contributed by atoms with Crippen LogP contribution in [0.25, 0.3) is 0 Å². The fourth-order valence-electron chi connectivity index (χ4n) is 2.49. The van der Waals surface area contributed by atoms with E-state index in [9.17, 15) is 13.2 Å². The number of amides is 1. The number of nitrogens with one attached hydrogen (secondary N) is 2. The number of sulfonamides is 1. The minimum Gasteiger partial charge on any atom is -0.271 e. The molecule has 2 aromatic rings. The lowest BCUT2D eigenvalue weighted by atomic mass is 10.0. The van der Waals surface area contributed by atoms with E-state index in [2.05, 4.69) is 31.2 Å². The lowest BCUT2D eigenvalue weighted by Gasteiger charge is -2.19. The third-order valence-electron chi connectivity index (χ3n) is 3.89. The highest BCUT2D eigenvalue weighted by molar-refractivity contribution is 9.10. The zero-order chi connectivity index (χ0) is 20.7. The average molecular weight is 466 g/mol. The van der Waals surface area contributed by atoms with Crippen molar-refractivity contribution in [2.75, 3.05) is 0 Å². The summed E-state index contributed by atoms with van der Waals surface area (Å²) in [5, 5.41) is 3.94. The Morgan fingerprint density at radius 2 is 1.86 bits per heavy atom. The van der Waals surface area contributed by atoms with Gasteiger partial charge in [0.1, 0.15) is 6.04 Å². The van der Waals surface area contributed by atoms with Gasteiger partial charge in [-0.2, -0.15) is 9.82 Å². The molecule has 0 spiro atoms. The van der Waals surface area contributed by atoms with E-state index in [0.717, 1.165) is 15.6 Å². The molecule has 150 valence electrons. The first-order valence-corrected chi connectivity index (χ1v) is 11.1. The molecule has 28 heavy (non-hydrogen) atoms. The van der Waals surface area contributed by atoms with Gasteiger partial charge in [-0.1, -0.05) is 59.6 Å². The second-order valence-electron chi connectivity index (χ2n) is 6.91. The highest BCUT2D eigenvalue weighted by Gasteiger charge is 2.26. The molecule has 0 radical (unpaired) electrons. The molecule has 2 N–H and O–H groups in total. The molecule has 0 unspecified atom stereocenters. The average Bonchev–Trinajstić information content (AvgIpc) is 2.61. The van der Waals surface area contributed by atoms with Gasteiger partial charge in [-0.15, -0.1) is 0 Å². The molecule has 0 heterocycles. The monoisotopic (exact) mass is 465 g/mol. The Morgan fingerprint density at radius 3 is 2.46 bits per heavy atom. The van der Waals surface area contributed by atoms with E-state index >= 15 is 0 Å². The number of aryl methyl sites for hydroxylation is 1. The molecule has 6 nitrogen and oxygen atoms in total. The van der Waals surface area contributed by atoms with Crippen LogP contribution in [0.15, 0.2) is 63.0 Å². The smallest absolute Gasteiger partial charge is 0.258 e. The zero-order valence-corrected chi connectivity index (χ0v) is 18.4. The summed E-state index contributed by atoms with van der Waals surface area (Å²) in [6.45, 7) is 5.72. The van der Waals surface area contributed by atoms with Crippen molar-refractivity contribution in [3.05, 3.63) is 64.1 Å². The van der Waals surface area contributed by atoms with Gasteiger partial charge in [0.05, 0.1) is 11.1 Å². The topological polar surface area (TPSA) is 87.6 Å². The Kier molecular flexibility index (Phi) is 7.91. The van der Waals surface area contributed by atoms with Gasteiger partial charge in [-0.25, -0.2) is 13.8 Å². The van der Waals surface area contributed by atoms with E-state index in [1.54, 1.807) is 12.1 Å². The van der Waals surface area contributed by atoms with Gasteiger partial charge >= 0.3 is 0 Å². The molecule has 0 aliphatic heterocycles. The number of carbonyl (C=O) groups is 1. The number of rotatable bonds is 8. The van der Waals surface area contributed by atoms with Gasteiger partial charge in [0.2, 0.25) is 10.0 Å². The highest BCUT2D eigenvalue weighted by atomic mass is 79.9. The predicted molar refractivity (Wildman–Crippen MR) is 115 cm³/mol. The van der Waals surface area contributed by atoms with Crippen molar-refractivity contribution in [3.8, 4) is 0 Å². The quantitative estimate of drug-likeness (QED) is 0.461. The number of hydrazone groups is 1. The van der Waals surface area contributed by atoms with E-state index in [4.69, 9.17) is 0 Å². The van der Waals surface area contributed by atoms with Crippen LogP contribution in [0.4, 0.5) is 0 Å². The van der Waals surface area contributed by atoms with Crippen molar-refractivity contribution in [1.82, 2.24) is 10.1 Å². The molecule has 2 aromatic carbocycles. The molecule has 1 amide bonds. The Labute approximate surface area is 174 Å². The van der Waals surface area contributed by atoms with Crippen molar-refractivity contribution >= 4 is 38.1 Å². The van der Waals surface area contributed by atoms with Gasteiger partial charge in [-0.05, 0) is 49.1 Å². The minimum absolute atomic E-state index is 0.116. The number of carbonyl (C=O) groups excluding carboxylic acids is 1. The lowest BCUT2D eigenvalue weighted by Crippen LogP contribution is -2.46. The summed E-state index contributed by atoms with van der Waals surface area (Å²) in [5.74, 6) is -0.388. The molecule has 0 saturated carbocycles. The summed E-state index contributed by atoms with van der Waals surface area (Å²) in [6, 6.07) is 13.0. The molecule has 1 atom stereocenters. The fraction of sp³-hybridized carbons (Fsp3) is 0.300. The summed E-state index contributed by atoms with van der Waals surface area (Å²) >= 11 is 3.37. The second-order valence-corrected chi connectivity index (χ2v) is 9.54. The van der Waals surface area contributed by atoms with Crippen LogP contribution < -0.4 is 10.1 Å².